The van der Waals surface area contributed by atoms with Gasteiger partial charge in [-0.05, 0) is 75.5 Å². The van der Waals surface area contributed by atoms with E-state index in [0.29, 0.717) is 36.8 Å². The van der Waals surface area contributed by atoms with Gasteiger partial charge < -0.3 is 14.5 Å². The number of fused-ring (bicyclic) bond motifs is 1. The summed E-state index contributed by atoms with van der Waals surface area (Å²) in [6.45, 7) is 8.13. The Hall–Kier alpha value is -1.46. The molecule has 0 radical (unpaired) electrons. The van der Waals surface area contributed by atoms with Crippen molar-refractivity contribution in [2.24, 2.45) is 11.8 Å². The molecule has 186 valence electrons. The van der Waals surface area contributed by atoms with Crippen LogP contribution < -0.4 is 0 Å². The van der Waals surface area contributed by atoms with Crippen LogP contribution in [-0.2, 0) is 4.74 Å². The molecule has 2 aliphatic rings. The molecule has 0 N–H and O–H groups in total. The summed E-state index contributed by atoms with van der Waals surface area (Å²) in [4.78, 5) is 18.1. The van der Waals surface area contributed by atoms with E-state index in [9.17, 15) is 9.18 Å². The molecule has 0 spiro atoms. The monoisotopic (exact) mass is 460 g/mol. The molecule has 2 aliphatic heterocycles. The first kappa shape index (κ1) is 26.2. The molecule has 33 heavy (non-hydrogen) atoms. The number of carbonyl (C=O) groups is 1. The second-order valence-corrected chi connectivity index (χ2v) is 10.1. The van der Waals surface area contributed by atoms with Crippen LogP contribution in [0.4, 0.5) is 4.39 Å². The lowest BCUT2D eigenvalue weighted by molar-refractivity contribution is 0.0611. The number of benzene rings is 1. The van der Waals surface area contributed by atoms with Gasteiger partial charge in [-0.25, -0.2) is 4.39 Å². The molecule has 2 unspecified atom stereocenters. The van der Waals surface area contributed by atoms with Crippen molar-refractivity contribution in [1.29, 1.82) is 0 Å². The summed E-state index contributed by atoms with van der Waals surface area (Å²) >= 11 is 0. The van der Waals surface area contributed by atoms with Crippen molar-refractivity contribution in [3.05, 3.63) is 35.9 Å². The van der Waals surface area contributed by atoms with Crippen LogP contribution in [0, 0.1) is 11.8 Å². The molecule has 5 atom stereocenters. The van der Waals surface area contributed by atoms with Crippen LogP contribution in [-0.4, -0.2) is 67.3 Å². The number of hydrogen-bond acceptors (Lipinski definition) is 3. The van der Waals surface area contributed by atoms with Gasteiger partial charge in [-0.15, -0.1) is 0 Å². The lowest BCUT2D eigenvalue weighted by Gasteiger charge is -2.39. The van der Waals surface area contributed by atoms with Crippen LogP contribution in [0.2, 0.25) is 0 Å². The van der Waals surface area contributed by atoms with E-state index in [1.165, 1.54) is 0 Å². The lowest BCUT2D eigenvalue weighted by atomic mass is 9.82. The van der Waals surface area contributed by atoms with Crippen molar-refractivity contribution in [3.63, 3.8) is 0 Å². The van der Waals surface area contributed by atoms with Gasteiger partial charge >= 0.3 is 0 Å². The fourth-order valence-corrected chi connectivity index (χ4v) is 5.99. The molecule has 2 fully saturated rings. The molecule has 0 aliphatic carbocycles. The molecule has 0 aromatic heterocycles. The summed E-state index contributed by atoms with van der Waals surface area (Å²) in [5, 5.41) is 0. The van der Waals surface area contributed by atoms with Gasteiger partial charge in [0.15, 0.2) is 0 Å². The molecule has 0 saturated carbocycles. The van der Waals surface area contributed by atoms with Crippen molar-refractivity contribution in [1.82, 2.24) is 9.80 Å². The topological polar surface area (TPSA) is 32.8 Å². The second kappa shape index (κ2) is 13.4. The van der Waals surface area contributed by atoms with Crippen LogP contribution >= 0.6 is 0 Å². The molecule has 0 bridgehead atoms. The van der Waals surface area contributed by atoms with Gasteiger partial charge in [0.05, 0.1) is 6.10 Å². The number of ether oxygens (including phenoxy) is 1. The Labute approximate surface area is 200 Å². The van der Waals surface area contributed by atoms with Gasteiger partial charge in [-0.3, -0.25) is 4.79 Å². The van der Waals surface area contributed by atoms with E-state index in [4.69, 9.17) is 4.74 Å². The Morgan fingerprint density at radius 2 is 1.91 bits per heavy atom. The predicted octanol–water partition coefficient (Wildman–Crippen LogP) is 5.96. The zero-order valence-electron chi connectivity index (χ0n) is 21.1. The SMILES string of the molecule is CCCC(F)CCCN1CC[C@@H]2[C@H](C1)[C@@H](CCCC(CC)OC)CN2C(=O)c1ccccc1. The third-order valence-electron chi connectivity index (χ3n) is 7.91. The summed E-state index contributed by atoms with van der Waals surface area (Å²) in [5.74, 6) is 1.24. The van der Waals surface area contributed by atoms with Crippen LogP contribution in [0.5, 0.6) is 0 Å². The Morgan fingerprint density at radius 3 is 2.61 bits per heavy atom. The molecule has 1 amide bonds. The molecule has 1 aromatic rings. The number of methoxy groups -OCH3 is 1. The summed E-state index contributed by atoms with van der Waals surface area (Å²) in [6.07, 6.45) is 8.36. The normalized spacial score (nSPS) is 25.1. The Balaban J connectivity index is 1.62. The molecular formula is C28H45FN2O2. The number of alkyl halides is 1. The highest BCUT2D eigenvalue weighted by Crippen LogP contribution is 2.39. The average molecular weight is 461 g/mol. The largest absolute Gasteiger partial charge is 0.381 e. The summed E-state index contributed by atoms with van der Waals surface area (Å²) in [7, 11) is 1.81. The maximum atomic E-state index is 13.9. The highest BCUT2D eigenvalue weighted by atomic mass is 19.1. The number of carbonyl (C=O) groups excluding carboxylic acids is 1. The number of hydrogen-bond donors (Lipinski definition) is 0. The summed E-state index contributed by atoms with van der Waals surface area (Å²) in [5.41, 5.74) is 0.801. The van der Waals surface area contributed by atoms with Crippen LogP contribution in [0.1, 0.15) is 82.0 Å². The smallest absolute Gasteiger partial charge is 0.254 e. The molecule has 3 rings (SSSR count). The van der Waals surface area contributed by atoms with Gasteiger partial charge in [-0.2, -0.15) is 0 Å². The number of likely N-dealkylation sites (tertiary alicyclic amines) is 2. The van der Waals surface area contributed by atoms with Crippen LogP contribution in [0.15, 0.2) is 30.3 Å². The quantitative estimate of drug-likeness (QED) is 0.364. The van der Waals surface area contributed by atoms with E-state index in [2.05, 4.69) is 23.6 Å². The van der Waals surface area contributed by atoms with Gasteiger partial charge in [0.25, 0.3) is 5.91 Å². The van der Waals surface area contributed by atoms with Crippen molar-refractivity contribution < 1.29 is 13.9 Å². The van der Waals surface area contributed by atoms with Crippen LogP contribution in [0.3, 0.4) is 0 Å². The number of nitrogens with zero attached hydrogens (tertiary/aromatic N) is 2. The van der Waals surface area contributed by atoms with E-state index in [1.54, 1.807) is 0 Å². The van der Waals surface area contributed by atoms with E-state index in [-0.39, 0.29) is 5.91 Å². The highest BCUT2D eigenvalue weighted by molar-refractivity contribution is 5.94. The fourth-order valence-electron chi connectivity index (χ4n) is 5.99. The van der Waals surface area contributed by atoms with Gasteiger partial charge in [0, 0.05) is 38.3 Å². The summed E-state index contributed by atoms with van der Waals surface area (Å²) in [6, 6.07) is 10.1. The molecule has 2 heterocycles. The maximum Gasteiger partial charge on any atom is 0.254 e. The van der Waals surface area contributed by atoms with E-state index in [0.717, 1.165) is 76.7 Å². The average Bonchev–Trinajstić information content (AvgIpc) is 3.20. The first-order valence-electron chi connectivity index (χ1n) is 13.3. The number of rotatable bonds is 13. The number of halogens is 1. The standard InChI is InChI=1S/C28H45FN2O2/c1-4-11-24(29)15-10-18-30-19-17-27-26(21-30)23(14-9-16-25(5-2)33-3)20-31(27)28(32)22-12-7-6-8-13-22/h6-8,12-13,23-27H,4-5,9-11,14-21H2,1-3H3/t23-,24?,25?,26+,27+/m0/s1. The van der Waals surface area contributed by atoms with Gasteiger partial charge in [0.2, 0.25) is 0 Å². The van der Waals surface area contributed by atoms with E-state index in [1.807, 2.05) is 37.4 Å². The minimum absolute atomic E-state index is 0.185. The van der Waals surface area contributed by atoms with Crippen molar-refractivity contribution in [3.8, 4) is 0 Å². The first-order chi connectivity index (χ1) is 16.1. The second-order valence-electron chi connectivity index (χ2n) is 10.1. The van der Waals surface area contributed by atoms with E-state index < -0.39 is 6.17 Å². The molecule has 2 saturated heterocycles. The van der Waals surface area contributed by atoms with Crippen molar-refractivity contribution >= 4 is 5.91 Å². The Morgan fingerprint density at radius 1 is 1.12 bits per heavy atom. The minimum Gasteiger partial charge on any atom is -0.381 e. The van der Waals surface area contributed by atoms with Gasteiger partial charge in [0.1, 0.15) is 6.17 Å². The van der Waals surface area contributed by atoms with Crippen molar-refractivity contribution in [2.75, 3.05) is 33.3 Å². The zero-order valence-corrected chi connectivity index (χ0v) is 21.1. The minimum atomic E-state index is -0.655. The van der Waals surface area contributed by atoms with Gasteiger partial charge in [-0.1, -0.05) is 44.9 Å². The predicted molar refractivity (Wildman–Crippen MR) is 133 cm³/mol. The van der Waals surface area contributed by atoms with E-state index >= 15 is 0 Å². The Bertz CT molecular complexity index is 696. The van der Waals surface area contributed by atoms with Crippen molar-refractivity contribution in [2.45, 2.75) is 90.0 Å². The number of amides is 1. The third kappa shape index (κ3) is 7.26. The molecule has 1 aromatic carbocycles. The first-order valence-corrected chi connectivity index (χ1v) is 13.3. The Kier molecular flexibility index (Phi) is 10.6. The number of piperidine rings is 1. The highest BCUT2D eigenvalue weighted by Gasteiger charge is 2.46. The molecule has 5 heteroatoms. The van der Waals surface area contributed by atoms with Crippen LogP contribution in [0.25, 0.3) is 0 Å². The fraction of sp³-hybridized carbons (Fsp3) is 0.750. The molecular weight excluding hydrogens is 415 g/mol. The molecule has 4 nitrogen and oxygen atoms in total. The third-order valence-corrected chi connectivity index (χ3v) is 7.91. The maximum absolute atomic E-state index is 13.9. The zero-order chi connectivity index (χ0) is 23.6. The summed E-state index contributed by atoms with van der Waals surface area (Å²) < 4.78 is 19.5. The lowest BCUT2D eigenvalue weighted by Crippen LogP contribution is -2.48.